The van der Waals surface area contributed by atoms with Crippen molar-refractivity contribution in [2.24, 2.45) is 5.41 Å². The number of anilines is 1. The van der Waals surface area contributed by atoms with E-state index in [0.29, 0.717) is 6.54 Å². The standard InChI is InChI=1S/C15H22N4O2/c1-4-5-6-8-15(2,3)11-18-14-13(19(20)21)12(10-16)7-9-17-14/h7,9H,4-6,8,11H2,1-3H3,(H,17,18). The summed E-state index contributed by atoms with van der Waals surface area (Å²) >= 11 is 0. The van der Waals surface area contributed by atoms with Gasteiger partial charge in [-0.1, -0.05) is 40.0 Å². The molecule has 0 saturated carbocycles. The van der Waals surface area contributed by atoms with Crippen LogP contribution in [0.2, 0.25) is 0 Å². The smallest absolute Gasteiger partial charge is 0.328 e. The van der Waals surface area contributed by atoms with E-state index in [4.69, 9.17) is 5.26 Å². The van der Waals surface area contributed by atoms with Crippen LogP contribution in [0.15, 0.2) is 12.3 Å². The van der Waals surface area contributed by atoms with Crippen LogP contribution < -0.4 is 5.32 Å². The number of rotatable bonds is 8. The molecule has 1 heterocycles. The third kappa shape index (κ3) is 5.03. The van der Waals surface area contributed by atoms with Gasteiger partial charge in [-0.05, 0) is 17.9 Å². The highest BCUT2D eigenvalue weighted by atomic mass is 16.6. The molecule has 114 valence electrons. The fraction of sp³-hybridized carbons (Fsp3) is 0.600. The number of hydrogen-bond donors (Lipinski definition) is 1. The SMILES string of the molecule is CCCCCC(C)(C)CNc1nccc(C#N)c1[N+](=O)[O-]. The Kier molecular flexibility index (Phi) is 6.10. The van der Waals surface area contributed by atoms with Gasteiger partial charge >= 0.3 is 5.69 Å². The first-order valence-corrected chi connectivity index (χ1v) is 7.18. The zero-order chi connectivity index (χ0) is 15.9. The molecular weight excluding hydrogens is 268 g/mol. The molecule has 0 aromatic carbocycles. The van der Waals surface area contributed by atoms with E-state index in [-0.39, 0.29) is 22.5 Å². The first-order chi connectivity index (χ1) is 9.91. The van der Waals surface area contributed by atoms with Crippen molar-refractivity contribution in [3.8, 4) is 6.07 Å². The fourth-order valence-electron chi connectivity index (χ4n) is 2.12. The topological polar surface area (TPSA) is 91.8 Å². The van der Waals surface area contributed by atoms with Crippen molar-refractivity contribution in [2.75, 3.05) is 11.9 Å². The van der Waals surface area contributed by atoms with Crippen molar-refractivity contribution in [2.45, 2.75) is 46.5 Å². The number of nitriles is 1. The number of nitrogens with zero attached hydrogens (tertiary/aromatic N) is 3. The minimum absolute atomic E-state index is 0.0212. The van der Waals surface area contributed by atoms with E-state index in [2.05, 4.69) is 31.1 Å². The minimum atomic E-state index is -0.558. The van der Waals surface area contributed by atoms with Gasteiger partial charge in [0.2, 0.25) is 5.82 Å². The van der Waals surface area contributed by atoms with E-state index in [9.17, 15) is 10.1 Å². The molecule has 0 amide bonds. The van der Waals surface area contributed by atoms with Crippen LogP contribution >= 0.6 is 0 Å². The first-order valence-electron chi connectivity index (χ1n) is 7.18. The Morgan fingerprint density at radius 3 is 2.76 bits per heavy atom. The third-order valence-corrected chi connectivity index (χ3v) is 3.42. The summed E-state index contributed by atoms with van der Waals surface area (Å²) in [6.07, 6.45) is 5.95. The molecule has 1 rings (SSSR count). The number of nitrogens with one attached hydrogen (secondary N) is 1. The van der Waals surface area contributed by atoms with E-state index in [1.807, 2.05) is 6.07 Å². The van der Waals surface area contributed by atoms with Gasteiger partial charge < -0.3 is 5.32 Å². The third-order valence-electron chi connectivity index (χ3n) is 3.42. The van der Waals surface area contributed by atoms with Crippen LogP contribution in [-0.4, -0.2) is 16.5 Å². The van der Waals surface area contributed by atoms with Crippen LogP contribution in [0.25, 0.3) is 0 Å². The maximum absolute atomic E-state index is 11.1. The summed E-state index contributed by atoms with van der Waals surface area (Å²) in [6, 6.07) is 3.19. The predicted octanol–water partition coefficient (Wildman–Crippen LogP) is 3.88. The molecule has 0 fully saturated rings. The van der Waals surface area contributed by atoms with Gasteiger partial charge in [0.1, 0.15) is 11.6 Å². The Hall–Kier alpha value is -2.16. The van der Waals surface area contributed by atoms with Gasteiger partial charge in [-0.2, -0.15) is 5.26 Å². The number of nitro groups is 1. The normalized spacial score (nSPS) is 11.0. The molecule has 1 N–H and O–H groups in total. The molecule has 0 atom stereocenters. The van der Waals surface area contributed by atoms with Crippen molar-refractivity contribution in [3.05, 3.63) is 27.9 Å². The second-order valence-corrected chi connectivity index (χ2v) is 5.90. The Morgan fingerprint density at radius 2 is 2.19 bits per heavy atom. The van der Waals surface area contributed by atoms with Crippen LogP contribution in [0.3, 0.4) is 0 Å². The van der Waals surface area contributed by atoms with Crippen molar-refractivity contribution >= 4 is 11.5 Å². The lowest BCUT2D eigenvalue weighted by Gasteiger charge is -2.25. The quantitative estimate of drug-likeness (QED) is 0.445. The second-order valence-electron chi connectivity index (χ2n) is 5.90. The van der Waals surface area contributed by atoms with Crippen LogP contribution in [0.5, 0.6) is 0 Å². The molecule has 1 aromatic heterocycles. The predicted molar refractivity (Wildman–Crippen MR) is 82.0 cm³/mol. The van der Waals surface area contributed by atoms with Gasteiger partial charge in [0.25, 0.3) is 0 Å². The maximum atomic E-state index is 11.1. The minimum Gasteiger partial charge on any atom is -0.364 e. The van der Waals surface area contributed by atoms with Crippen LogP contribution in [0.4, 0.5) is 11.5 Å². The number of unbranched alkanes of at least 4 members (excludes halogenated alkanes) is 2. The second kappa shape index (κ2) is 7.58. The van der Waals surface area contributed by atoms with Crippen molar-refractivity contribution in [1.82, 2.24) is 4.98 Å². The maximum Gasteiger partial charge on any atom is 0.328 e. The Labute approximate surface area is 125 Å². The molecule has 0 aliphatic heterocycles. The zero-order valence-corrected chi connectivity index (χ0v) is 12.8. The highest BCUT2D eigenvalue weighted by Crippen LogP contribution is 2.29. The summed E-state index contributed by atoms with van der Waals surface area (Å²) in [6.45, 7) is 6.98. The van der Waals surface area contributed by atoms with Crippen molar-refractivity contribution < 1.29 is 4.92 Å². The molecule has 6 heteroatoms. The van der Waals surface area contributed by atoms with Gasteiger partial charge in [-0.15, -0.1) is 0 Å². The van der Waals surface area contributed by atoms with Crippen LogP contribution in [0.1, 0.15) is 52.0 Å². The molecule has 0 bridgehead atoms. The number of pyridine rings is 1. The highest BCUT2D eigenvalue weighted by molar-refractivity contribution is 5.64. The Balaban J connectivity index is 2.80. The van der Waals surface area contributed by atoms with Gasteiger partial charge in [-0.25, -0.2) is 4.98 Å². The van der Waals surface area contributed by atoms with Gasteiger partial charge in [0.15, 0.2) is 0 Å². The Bertz CT molecular complexity index is 535. The summed E-state index contributed by atoms with van der Waals surface area (Å²) < 4.78 is 0. The summed E-state index contributed by atoms with van der Waals surface area (Å²) in [5.74, 6) is 0.169. The average Bonchev–Trinajstić information content (AvgIpc) is 2.44. The summed E-state index contributed by atoms with van der Waals surface area (Å²) in [5.41, 5.74) is -0.196. The lowest BCUT2D eigenvalue weighted by atomic mass is 9.87. The van der Waals surface area contributed by atoms with Gasteiger partial charge in [-0.3, -0.25) is 10.1 Å². The molecule has 0 aliphatic rings. The zero-order valence-electron chi connectivity index (χ0n) is 12.8. The molecule has 21 heavy (non-hydrogen) atoms. The molecular formula is C15H22N4O2. The van der Waals surface area contributed by atoms with Crippen LogP contribution in [0, 0.1) is 26.9 Å². The van der Waals surface area contributed by atoms with Gasteiger partial charge in [0, 0.05) is 12.7 Å². The molecule has 0 aliphatic carbocycles. The largest absolute Gasteiger partial charge is 0.364 e. The molecule has 6 nitrogen and oxygen atoms in total. The van der Waals surface area contributed by atoms with E-state index < -0.39 is 4.92 Å². The van der Waals surface area contributed by atoms with Crippen molar-refractivity contribution in [1.29, 1.82) is 5.26 Å². The van der Waals surface area contributed by atoms with E-state index in [1.165, 1.54) is 25.1 Å². The lowest BCUT2D eigenvalue weighted by Crippen LogP contribution is -2.24. The van der Waals surface area contributed by atoms with E-state index in [0.717, 1.165) is 12.8 Å². The molecule has 0 unspecified atom stereocenters. The summed E-state index contributed by atoms with van der Waals surface area (Å²) in [4.78, 5) is 14.6. The molecule has 0 spiro atoms. The first kappa shape index (κ1) is 16.9. The van der Waals surface area contributed by atoms with Crippen LogP contribution in [-0.2, 0) is 0 Å². The van der Waals surface area contributed by atoms with E-state index in [1.54, 1.807) is 0 Å². The van der Waals surface area contributed by atoms with Crippen molar-refractivity contribution in [3.63, 3.8) is 0 Å². The molecule has 0 radical (unpaired) electrons. The number of hydrogen-bond acceptors (Lipinski definition) is 5. The number of aromatic nitrogens is 1. The molecule has 0 saturated heterocycles. The van der Waals surface area contributed by atoms with E-state index >= 15 is 0 Å². The fourth-order valence-corrected chi connectivity index (χ4v) is 2.12. The lowest BCUT2D eigenvalue weighted by molar-refractivity contribution is -0.384. The monoisotopic (exact) mass is 290 g/mol. The van der Waals surface area contributed by atoms with Gasteiger partial charge in [0.05, 0.1) is 4.92 Å². The highest BCUT2D eigenvalue weighted by Gasteiger charge is 2.23. The average molecular weight is 290 g/mol. The summed E-state index contributed by atoms with van der Waals surface area (Å²) in [5, 5.41) is 23.1. The Morgan fingerprint density at radius 1 is 1.48 bits per heavy atom. The molecule has 1 aromatic rings. The summed E-state index contributed by atoms with van der Waals surface area (Å²) in [7, 11) is 0.